The summed E-state index contributed by atoms with van der Waals surface area (Å²) >= 11 is 0. The van der Waals surface area contributed by atoms with Crippen molar-refractivity contribution in [3.8, 4) is 5.75 Å². The monoisotopic (exact) mass is 440 g/mol. The highest BCUT2D eigenvalue weighted by Gasteiger charge is 2.08. The largest absolute Gasteiger partial charge is 0.492 e. The zero-order valence-electron chi connectivity index (χ0n) is 19.9. The van der Waals surface area contributed by atoms with Crippen molar-refractivity contribution in [3.05, 3.63) is 54.2 Å². The molecule has 1 aromatic heterocycles. The van der Waals surface area contributed by atoms with Gasteiger partial charge in [-0.05, 0) is 49.6 Å². The van der Waals surface area contributed by atoms with Gasteiger partial charge in [-0.2, -0.15) is 0 Å². The maximum absolute atomic E-state index is 11.5. The van der Waals surface area contributed by atoms with Gasteiger partial charge in [0, 0.05) is 19.2 Å². The van der Waals surface area contributed by atoms with Crippen LogP contribution in [0.4, 0.5) is 5.82 Å². The predicted octanol–water partition coefficient (Wildman–Crippen LogP) is 6.21. The third-order valence-corrected chi connectivity index (χ3v) is 5.48. The standard InChI is InChI=1S/C27H40N2O3/c1-3-5-6-7-8-9-12-21-29(26-13-10-11-20-28-26)22-23-32-25-17-14-24(15-18-25)16-19-27(30)31-4-2/h10-11,13-15,17-18,20H,3-9,12,16,19,21-23H2,1-2H3. The number of nitrogens with zero attached hydrogens (tertiary/aromatic N) is 2. The molecule has 0 unspecified atom stereocenters. The highest BCUT2D eigenvalue weighted by Crippen LogP contribution is 2.16. The molecule has 0 aliphatic rings. The first-order chi connectivity index (χ1) is 15.7. The fraction of sp³-hybridized carbons (Fsp3) is 0.556. The number of aromatic nitrogens is 1. The topological polar surface area (TPSA) is 51.7 Å². The molecule has 0 aliphatic heterocycles. The van der Waals surface area contributed by atoms with E-state index in [9.17, 15) is 4.79 Å². The molecule has 0 bridgehead atoms. The van der Waals surface area contributed by atoms with Crippen LogP contribution in [0.15, 0.2) is 48.7 Å². The number of ether oxygens (including phenoxy) is 2. The number of anilines is 1. The number of esters is 1. The van der Waals surface area contributed by atoms with Crippen LogP contribution in [0, 0.1) is 0 Å². The van der Waals surface area contributed by atoms with Gasteiger partial charge in [-0.3, -0.25) is 4.79 Å². The Bertz CT molecular complexity index is 734. The summed E-state index contributed by atoms with van der Waals surface area (Å²) in [6.07, 6.45) is 12.0. The average molecular weight is 441 g/mol. The van der Waals surface area contributed by atoms with Crippen LogP contribution in [0.2, 0.25) is 0 Å². The van der Waals surface area contributed by atoms with E-state index >= 15 is 0 Å². The molecule has 1 heterocycles. The van der Waals surface area contributed by atoms with Gasteiger partial charge in [0.05, 0.1) is 13.2 Å². The Morgan fingerprint density at radius 3 is 2.34 bits per heavy atom. The average Bonchev–Trinajstić information content (AvgIpc) is 2.82. The Labute approximate surface area is 194 Å². The molecule has 0 radical (unpaired) electrons. The highest BCUT2D eigenvalue weighted by molar-refractivity contribution is 5.69. The van der Waals surface area contributed by atoms with E-state index in [1.807, 2.05) is 49.5 Å². The van der Waals surface area contributed by atoms with Crippen LogP contribution < -0.4 is 9.64 Å². The van der Waals surface area contributed by atoms with E-state index in [-0.39, 0.29) is 5.97 Å². The van der Waals surface area contributed by atoms with Crippen molar-refractivity contribution in [1.29, 1.82) is 0 Å². The molecule has 0 fully saturated rings. The minimum absolute atomic E-state index is 0.150. The van der Waals surface area contributed by atoms with Gasteiger partial charge < -0.3 is 14.4 Å². The van der Waals surface area contributed by atoms with Crippen LogP contribution in [0.25, 0.3) is 0 Å². The molecule has 1 aromatic carbocycles. The minimum Gasteiger partial charge on any atom is -0.492 e. The SMILES string of the molecule is CCCCCCCCCN(CCOc1ccc(CCC(=O)OCC)cc1)c1ccccn1. The van der Waals surface area contributed by atoms with E-state index < -0.39 is 0 Å². The number of unbranched alkanes of at least 4 members (excludes halogenated alkanes) is 6. The normalized spacial score (nSPS) is 10.7. The molecule has 32 heavy (non-hydrogen) atoms. The van der Waals surface area contributed by atoms with E-state index in [0.29, 0.717) is 26.1 Å². The summed E-state index contributed by atoms with van der Waals surface area (Å²) < 4.78 is 11.0. The molecule has 0 amide bonds. The Morgan fingerprint density at radius 1 is 0.906 bits per heavy atom. The number of hydrogen-bond acceptors (Lipinski definition) is 5. The Hall–Kier alpha value is -2.56. The smallest absolute Gasteiger partial charge is 0.306 e. The van der Waals surface area contributed by atoms with Gasteiger partial charge in [-0.1, -0.05) is 63.6 Å². The van der Waals surface area contributed by atoms with Gasteiger partial charge in [0.2, 0.25) is 0 Å². The van der Waals surface area contributed by atoms with E-state index in [1.54, 1.807) is 0 Å². The number of pyridine rings is 1. The van der Waals surface area contributed by atoms with Gasteiger partial charge in [0.15, 0.2) is 0 Å². The summed E-state index contributed by atoms with van der Waals surface area (Å²) in [6.45, 7) is 6.93. The van der Waals surface area contributed by atoms with Crippen molar-refractivity contribution in [2.75, 3.05) is 31.2 Å². The first kappa shape index (κ1) is 25.7. The van der Waals surface area contributed by atoms with Crippen molar-refractivity contribution in [1.82, 2.24) is 4.98 Å². The molecule has 0 atom stereocenters. The third-order valence-electron chi connectivity index (χ3n) is 5.48. The molecule has 5 nitrogen and oxygen atoms in total. The first-order valence-electron chi connectivity index (χ1n) is 12.3. The zero-order chi connectivity index (χ0) is 22.9. The van der Waals surface area contributed by atoms with E-state index in [4.69, 9.17) is 9.47 Å². The molecule has 0 aliphatic carbocycles. The van der Waals surface area contributed by atoms with Crippen LogP contribution in [0.3, 0.4) is 0 Å². The van der Waals surface area contributed by atoms with Gasteiger partial charge >= 0.3 is 5.97 Å². The van der Waals surface area contributed by atoms with Crippen molar-refractivity contribution in [2.45, 2.75) is 71.6 Å². The minimum atomic E-state index is -0.150. The van der Waals surface area contributed by atoms with Gasteiger partial charge in [0.1, 0.15) is 18.2 Å². The lowest BCUT2D eigenvalue weighted by Crippen LogP contribution is -2.30. The fourth-order valence-corrected chi connectivity index (χ4v) is 3.65. The molecule has 2 aromatic rings. The first-order valence-corrected chi connectivity index (χ1v) is 12.3. The Balaban J connectivity index is 1.75. The van der Waals surface area contributed by atoms with Crippen molar-refractivity contribution < 1.29 is 14.3 Å². The molecule has 2 rings (SSSR count). The number of benzene rings is 1. The van der Waals surface area contributed by atoms with E-state index in [1.165, 1.54) is 44.9 Å². The molecule has 0 saturated carbocycles. The Morgan fingerprint density at radius 2 is 1.66 bits per heavy atom. The summed E-state index contributed by atoms with van der Waals surface area (Å²) in [5.41, 5.74) is 1.11. The fourth-order valence-electron chi connectivity index (χ4n) is 3.65. The highest BCUT2D eigenvalue weighted by atomic mass is 16.5. The number of hydrogen-bond donors (Lipinski definition) is 0. The molecule has 176 valence electrons. The second-order valence-corrected chi connectivity index (χ2v) is 8.09. The van der Waals surface area contributed by atoms with E-state index in [0.717, 1.165) is 30.2 Å². The van der Waals surface area contributed by atoms with Crippen LogP contribution in [-0.4, -0.2) is 37.3 Å². The van der Waals surface area contributed by atoms with Gasteiger partial charge in [-0.25, -0.2) is 4.98 Å². The molecular formula is C27H40N2O3. The predicted molar refractivity (Wildman–Crippen MR) is 131 cm³/mol. The number of aryl methyl sites for hydroxylation is 1. The molecular weight excluding hydrogens is 400 g/mol. The number of carbonyl (C=O) groups excluding carboxylic acids is 1. The molecule has 0 spiro atoms. The summed E-state index contributed by atoms with van der Waals surface area (Å²) in [6, 6.07) is 14.0. The number of carbonyl (C=O) groups is 1. The lowest BCUT2D eigenvalue weighted by atomic mass is 10.1. The maximum atomic E-state index is 11.5. The van der Waals surface area contributed by atoms with Crippen molar-refractivity contribution >= 4 is 11.8 Å². The second-order valence-electron chi connectivity index (χ2n) is 8.09. The van der Waals surface area contributed by atoms with Crippen molar-refractivity contribution in [2.24, 2.45) is 0 Å². The molecule has 0 saturated heterocycles. The van der Waals surface area contributed by atoms with Crippen LogP contribution in [0.1, 0.15) is 70.8 Å². The summed E-state index contributed by atoms with van der Waals surface area (Å²) in [5.74, 6) is 1.71. The van der Waals surface area contributed by atoms with Crippen LogP contribution >= 0.6 is 0 Å². The quantitative estimate of drug-likeness (QED) is 0.216. The van der Waals surface area contributed by atoms with E-state index in [2.05, 4.69) is 22.9 Å². The third kappa shape index (κ3) is 10.7. The van der Waals surface area contributed by atoms with Gasteiger partial charge in [0.25, 0.3) is 0 Å². The molecule has 0 N–H and O–H groups in total. The Kier molecular flexibility index (Phi) is 13.0. The summed E-state index contributed by atoms with van der Waals surface area (Å²) in [5, 5.41) is 0. The zero-order valence-corrected chi connectivity index (χ0v) is 19.9. The van der Waals surface area contributed by atoms with Gasteiger partial charge in [-0.15, -0.1) is 0 Å². The number of rotatable bonds is 17. The second kappa shape index (κ2) is 16.1. The summed E-state index contributed by atoms with van der Waals surface area (Å²) in [7, 11) is 0. The lowest BCUT2D eigenvalue weighted by molar-refractivity contribution is -0.143. The van der Waals surface area contributed by atoms with Crippen molar-refractivity contribution in [3.63, 3.8) is 0 Å². The van der Waals surface area contributed by atoms with Crippen LogP contribution in [0.5, 0.6) is 5.75 Å². The summed E-state index contributed by atoms with van der Waals surface area (Å²) in [4.78, 5) is 18.4. The molecule has 5 heteroatoms. The maximum Gasteiger partial charge on any atom is 0.306 e. The lowest BCUT2D eigenvalue weighted by Gasteiger charge is -2.24. The van der Waals surface area contributed by atoms with Crippen LogP contribution in [-0.2, 0) is 16.0 Å².